The van der Waals surface area contributed by atoms with Crippen molar-refractivity contribution in [2.45, 2.75) is 12.3 Å². The van der Waals surface area contributed by atoms with Gasteiger partial charge in [-0.3, -0.25) is 4.79 Å². The van der Waals surface area contributed by atoms with E-state index in [0.717, 1.165) is 16.9 Å². The van der Waals surface area contributed by atoms with Crippen LogP contribution in [-0.2, 0) is 9.53 Å². The maximum absolute atomic E-state index is 11.9. The van der Waals surface area contributed by atoms with Crippen molar-refractivity contribution in [2.75, 3.05) is 7.11 Å². The van der Waals surface area contributed by atoms with Crippen molar-refractivity contribution in [3.8, 4) is 5.75 Å². The molecule has 3 nitrogen and oxygen atoms in total. The summed E-state index contributed by atoms with van der Waals surface area (Å²) in [5, 5.41) is 0. The molecule has 0 aliphatic carbocycles. The molecule has 1 unspecified atom stereocenters. The molecule has 2 aromatic rings. The number of rotatable bonds is 3. The highest BCUT2D eigenvalue weighted by Crippen LogP contribution is 2.32. The predicted molar refractivity (Wildman–Crippen MR) is 80.9 cm³/mol. The zero-order valence-electron chi connectivity index (χ0n) is 11.8. The molecule has 0 bridgehead atoms. The Morgan fingerprint density at radius 3 is 2.43 bits per heavy atom. The van der Waals surface area contributed by atoms with Crippen LogP contribution in [0.1, 0.15) is 23.5 Å². The molecule has 0 radical (unpaired) electrons. The van der Waals surface area contributed by atoms with Gasteiger partial charge in [0.15, 0.2) is 0 Å². The maximum Gasteiger partial charge on any atom is 0.312 e. The predicted octanol–water partition coefficient (Wildman–Crippen LogP) is 3.77. The van der Waals surface area contributed by atoms with Gasteiger partial charge in [-0.05, 0) is 23.8 Å². The third kappa shape index (κ3) is 2.97. The lowest BCUT2D eigenvalue weighted by Crippen LogP contribution is -2.15. The van der Waals surface area contributed by atoms with Crippen LogP contribution in [0.2, 0.25) is 0 Å². The summed E-state index contributed by atoms with van der Waals surface area (Å²) in [5.74, 6) is 1.28. The third-order valence-electron chi connectivity index (χ3n) is 3.57. The molecule has 0 spiro atoms. The standard InChI is InChI=1S/C18H16O3/c1-20-16-9-7-13(8-10-16)15-11-17(21-18(19)12-15)14-5-3-2-4-6-14/h2-11,15H,12H2,1H3. The summed E-state index contributed by atoms with van der Waals surface area (Å²) in [4.78, 5) is 11.9. The fourth-order valence-electron chi connectivity index (χ4n) is 2.44. The van der Waals surface area contributed by atoms with E-state index in [1.807, 2.05) is 60.7 Å². The van der Waals surface area contributed by atoms with Gasteiger partial charge in [0.25, 0.3) is 0 Å². The van der Waals surface area contributed by atoms with E-state index in [9.17, 15) is 4.79 Å². The molecule has 0 saturated heterocycles. The van der Waals surface area contributed by atoms with Crippen LogP contribution in [0.4, 0.5) is 0 Å². The lowest BCUT2D eigenvalue weighted by Gasteiger charge is -2.21. The average Bonchev–Trinajstić information content (AvgIpc) is 2.55. The number of hydrogen-bond acceptors (Lipinski definition) is 3. The molecule has 1 aliphatic rings. The molecule has 1 heterocycles. The second-order valence-electron chi connectivity index (χ2n) is 4.95. The number of esters is 1. The molecule has 0 fully saturated rings. The number of benzene rings is 2. The van der Waals surface area contributed by atoms with Crippen molar-refractivity contribution in [3.05, 3.63) is 71.8 Å². The SMILES string of the molecule is COc1ccc(C2C=C(c3ccccc3)OC(=O)C2)cc1. The Balaban J connectivity index is 1.92. The zero-order valence-corrected chi connectivity index (χ0v) is 11.8. The Bertz CT molecular complexity index is 657. The van der Waals surface area contributed by atoms with Crippen molar-refractivity contribution >= 4 is 11.7 Å². The summed E-state index contributed by atoms with van der Waals surface area (Å²) >= 11 is 0. The smallest absolute Gasteiger partial charge is 0.312 e. The Labute approximate surface area is 123 Å². The highest BCUT2D eigenvalue weighted by atomic mass is 16.5. The van der Waals surface area contributed by atoms with E-state index >= 15 is 0 Å². The number of methoxy groups -OCH3 is 1. The largest absolute Gasteiger partial charge is 0.497 e. The van der Waals surface area contributed by atoms with Crippen LogP contribution in [0.3, 0.4) is 0 Å². The first-order chi connectivity index (χ1) is 10.3. The van der Waals surface area contributed by atoms with Crippen LogP contribution >= 0.6 is 0 Å². The second kappa shape index (κ2) is 5.83. The molecular weight excluding hydrogens is 264 g/mol. The van der Waals surface area contributed by atoms with E-state index in [4.69, 9.17) is 9.47 Å². The maximum atomic E-state index is 11.9. The Morgan fingerprint density at radius 2 is 1.76 bits per heavy atom. The first-order valence-corrected chi connectivity index (χ1v) is 6.88. The fraction of sp³-hybridized carbons (Fsp3) is 0.167. The van der Waals surface area contributed by atoms with E-state index in [2.05, 4.69) is 0 Å². The van der Waals surface area contributed by atoms with Crippen molar-refractivity contribution in [2.24, 2.45) is 0 Å². The van der Waals surface area contributed by atoms with E-state index < -0.39 is 0 Å². The lowest BCUT2D eigenvalue weighted by molar-refractivity contribution is -0.137. The average molecular weight is 280 g/mol. The van der Waals surface area contributed by atoms with Crippen molar-refractivity contribution in [3.63, 3.8) is 0 Å². The van der Waals surface area contributed by atoms with Crippen molar-refractivity contribution < 1.29 is 14.3 Å². The molecule has 0 aromatic heterocycles. The minimum atomic E-state index is -0.197. The minimum Gasteiger partial charge on any atom is -0.497 e. The molecule has 106 valence electrons. The number of carbonyl (C=O) groups excluding carboxylic acids is 1. The van der Waals surface area contributed by atoms with Gasteiger partial charge in [0.05, 0.1) is 13.5 Å². The number of hydrogen-bond donors (Lipinski definition) is 0. The van der Waals surface area contributed by atoms with Gasteiger partial charge in [-0.1, -0.05) is 42.5 Å². The van der Waals surface area contributed by atoms with E-state index in [-0.39, 0.29) is 11.9 Å². The highest BCUT2D eigenvalue weighted by Gasteiger charge is 2.23. The molecule has 2 aromatic carbocycles. The van der Waals surface area contributed by atoms with E-state index in [1.54, 1.807) is 7.11 Å². The number of ether oxygens (including phenoxy) is 2. The molecular formula is C18H16O3. The molecule has 1 aliphatic heterocycles. The van der Waals surface area contributed by atoms with Gasteiger partial charge in [-0.2, -0.15) is 0 Å². The molecule has 0 N–H and O–H groups in total. The number of allylic oxidation sites excluding steroid dienone is 1. The molecule has 3 rings (SSSR count). The van der Waals surface area contributed by atoms with Crippen LogP contribution in [-0.4, -0.2) is 13.1 Å². The topological polar surface area (TPSA) is 35.5 Å². The monoisotopic (exact) mass is 280 g/mol. The third-order valence-corrected chi connectivity index (χ3v) is 3.57. The molecule has 3 heteroatoms. The van der Waals surface area contributed by atoms with Crippen LogP contribution in [0.25, 0.3) is 5.76 Å². The van der Waals surface area contributed by atoms with E-state index in [0.29, 0.717) is 12.2 Å². The van der Waals surface area contributed by atoms with E-state index in [1.165, 1.54) is 0 Å². The zero-order chi connectivity index (χ0) is 14.7. The first-order valence-electron chi connectivity index (χ1n) is 6.88. The molecule has 0 amide bonds. The molecule has 0 saturated carbocycles. The summed E-state index contributed by atoms with van der Waals surface area (Å²) in [6.07, 6.45) is 2.38. The fourth-order valence-corrected chi connectivity index (χ4v) is 2.44. The summed E-state index contributed by atoms with van der Waals surface area (Å²) in [6.45, 7) is 0. The quantitative estimate of drug-likeness (QED) is 0.803. The van der Waals surface area contributed by atoms with Crippen LogP contribution in [0.15, 0.2) is 60.7 Å². The van der Waals surface area contributed by atoms with Gasteiger partial charge in [-0.15, -0.1) is 0 Å². The van der Waals surface area contributed by atoms with Crippen LogP contribution in [0.5, 0.6) is 5.75 Å². The molecule has 21 heavy (non-hydrogen) atoms. The minimum absolute atomic E-state index is 0.0346. The summed E-state index contributed by atoms with van der Waals surface area (Å²) in [6, 6.07) is 17.5. The number of carbonyl (C=O) groups is 1. The van der Waals surface area contributed by atoms with Gasteiger partial charge in [0.2, 0.25) is 0 Å². The summed E-state index contributed by atoms with van der Waals surface area (Å²) in [5.41, 5.74) is 2.00. The molecule has 1 atom stereocenters. The van der Waals surface area contributed by atoms with Crippen molar-refractivity contribution in [1.82, 2.24) is 0 Å². The second-order valence-corrected chi connectivity index (χ2v) is 4.95. The lowest BCUT2D eigenvalue weighted by atomic mass is 9.92. The van der Waals surface area contributed by atoms with Crippen molar-refractivity contribution in [1.29, 1.82) is 0 Å². The highest BCUT2D eigenvalue weighted by molar-refractivity contribution is 5.82. The van der Waals surface area contributed by atoms with Crippen LogP contribution in [0, 0.1) is 0 Å². The van der Waals surface area contributed by atoms with Gasteiger partial charge in [0.1, 0.15) is 11.5 Å². The Morgan fingerprint density at radius 1 is 1.05 bits per heavy atom. The number of cyclic esters (lactones) is 1. The summed E-state index contributed by atoms with van der Waals surface area (Å²) in [7, 11) is 1.64. The van der Waals surface area contributed by atoms with Gasteiger partial charge in [0, 0.05) is 11.5 Å². The van der Waals surface area contributed by atoms with Gasteiger partial charge >= 0.3 is 5.97 Å². The summed E-state index contributed by atoms with van der Waals surface area (Å²) < 4.78 is 10.5. The Hall–Kier alpha value is -2.55. The Kier molecular flexibility index (Phi) is 3.73. The normalized spacial score (nSPS) is 17.9. The van der Waals surface area contributed by atoms with Gasteiger partial charge < -0.3 is 9.47 Å². The van der Waals surface area contributed by atoms with Gasteiger partial charge in [-0.25, -0.2) is 0 Å². The van der Waals surface area contributed by atoms with Crippen LogP contribution < -0.4 is 4.74 Å². The first kappa shape index (κ1) is 13.4.